The Hall–Kier alpha value is -3.36. The average Bonchev–Trinajstić information content (AvgIpc) is 3.21. The maximum absolute atomic E-state index is 6.19. The van der Waals surface area contributed by atoms with Crippen LogP contribution in [0.3, 0.4) is 0 Å². The summed E-state index contributed by atoms with van der Waals surface area (Å²) >= 11 is 0. The maximum atomic E-state index is 6.19. The fourth-order valence-corrected chi connectivity index (χ4v) is 4.10. The lowest BCUT2D eigenvalue weighted by Gasteiger charge is -2.26. The number of hydrogen-bond donors (Lipinski definition) is 1. The molecule has 4 aromatic rings. The van der Waals surface area contributed by atoms with Gasteiger partial charge in [0.25, 0.3) is 0 Å². The number of nitrogens with one attached hydrogen (secondary N) is 1. The van der Waals surface area contributed by atoms with Gasteiger partial charge in [0.15, 0.2) is 11.5 Å². The second-order valence-corrected chi connectivity index (χ2v) is 8.15. The smallest absolute Gasteiger partial charge is 0.163 e. The molecule has 0 saturated carbocycles. The summed E-state index contributed by atoms with van der Waals surface area (Å²) in [7, 11) is 1.64. The largest absolute Gasteiger partial charge is 0.493 e. The van der Waals surface area contributed by atoms with Gasteiger partial charge in [-0.1, -0.05) is 0 Å². The number of nitrogens with zero attached hydrogens (tertiary/aromatic N) is 3. The van der Waals surface area contributed by atoms with Gasteiger partial charge >= 0.3 is 0 Å². The lowest BCUT2D eigenvalue weighted by atomic mass is 10.2. The maximum Gasteiger partial charge on any atom is 0.163 e. The SMILES string of the molecule is COc1cc2c(Oc3cnc4[nH]c(C)cc4c3)ccnc2cc1OCCCN1CCOCC1. The standard InChI is InChI=1S/C25H28N4O4/c1-17-12-18-13-19(16-27-25(18)28-17)33-22-4-5-26-21-15-24(23(30-2)14-20(21)22)32-9-3-6-29-7-10-31-11-8-29/h4-5,12-16H,3,6-11H2,1-2H3,(H,27,28). The molecule has 0 atom stereocenters. The van der Waals surface area contributed by atoms with E-state index in [0.29, 0.717) is 29.6 Å². The number of benzene rings is 1. The Morgan fingerprint density at radius 1 is 1.06 bits per heavy atom. The third kappa shape index (κ3) is 4.86. The van der Waals surface area contributed by atoms with E-state index in [1.54, 1.807) is 19.5 Å². The van der Waals surface area contributed by atoms with Crippen molar-refractivity contribution in [3.63, 3.8) is 0 Å². The van der Waals surface area contributed by atoms with E-state index < -0.39 is 0 Å². The normalized spacial score (nSPS) is 14.6. The molecular weight excluding hydrogens is 420 g/mol. The number of aryl methyl sites for hydroxylation is 1. The number of aromatic nitrogens is 3. The average molecular weight is 449 g/mol. The molecule has 0 radical (unpaired) electrons. The van der Waals surface area contributed by atoms with Crippen LogP contribution in [-0.2, 0) is 4.74 Å². The molecule has 0 aliphatic carbocycles. The molecular formula is C25H28N4O4. The van der Waals surface area contributed by atoms with Crippen LogP contribution >= 0.6 is 0 Å². The molecule has 4 heterocycles. The van der Waals surface area contributed by atoms with Gasteiger partial charge in [0, 0.05) is 48.4 Å². The second-order valence-electron chi connectivity index (χ2n) is 8.15. The van der Waals surface area contributed by atoms with Gasteiger partial charge in [-0.25, -0.2) is 4.98 Å². The van der Waals surface area contributed by atoms with Crippen molar-refractivity contribution in [2.75, 3.05) is 46.6 Å². The molecule has 1 fully saturated rings. The summed E-state index contributed by atoms with van der Waals surface area (Å²) in [6, 6.07) is 9.69. The van der Waals surface area contributed by atoms with Gasteiger partial charge in [0.1, 0.15) is 17.1 Å². The van der Waals surface area contributed by atoms with Crippen molar-refractivity contribution in [1.82, 2.24) is 19.9 Å². The molecule has 172 valence electrons. The van der Waals surface area contributed by atoms with Gasteiger partial charge in [-0.3, -0.25) is 9.88 Å². The van der Waals surface area contributed by atoms with Gasteiger partial charge in [-0.05, 0) is 37.6 Å². The van der Waals surface area contributed by atoms with E-state index in [1.165, 1.54) is 0 Å². The molecule has 1 N–H and O–H groups in total. The third-order valence-corrected chi connectivity index (χ3v) is 5.77. The summed E-state index contributed by atoms with van der Waals surface area (Å²) in [4.78, 5) is 14.6. The van der Waals surface area contributed by atoms with Crippen molar-refractivity contribution in [3.8, 4) is 23.0 Å². The van der Waals surface area contributed by atoms with Crippen molar-refractivity contribution in [1.29, 1.82) is 0 Å². The number of methoxy groups -OCH3 is 1. The van der Waals surface area contributed by atoms with E-state index in [0.717, 1.165) is 66.9 Å². The second kappa shape index (κ2) is 9.64. The van der Waals surface area contributed by atoms with E-state index in [9.17, 15) is 0 Å². The number of fused-ring (bicyclic) bond motifs is 2. The van der Waals surface area contributed by atoms with Gasteiger partial charge in [-0.15, -0.1) is 0 Å². The topological polar surface area (TPSA) is 81.7 Å². The Balaban J connectivity index is 1.32. The fraction of sp³-hybridized carbons (Fsp3) is 0.360. The highest BCUT2D eigenvalue weighted by atomic mass is 16.5. The highest BCUT2D eigenvalue weighted by Gasteiger charge is 2.14. The van der Waals surface area contributed by atoms with E-state index in [1.807, 2.05) is 37.3 Å². The first-order chi connectivity index (χ1) is 16.2. The summed E-state index contributed by atoms with van der Waals surface area (Å²) in [5, 5.41) is 1.86. The number of rotatable bonds is 8. The van der Waals surface area contributed by atoms with Crippen molar-refractivity contribution in [2.24, 2.45) is 0 Å². The van der Waals surface area contributed by atoms with Crippen molar-refractivity contribution >= 4 is 21.9 Å². The molecule has 0 spiro atoms. The van der Waals surface area contributed by atoms with Gasteiger partial charge in [0.2, 0.25) is 0 Å². The van der Waals surface area contributed by atoms with Crippen LogP contribution in [0.25, 0.3) is 21.9 Å². The molecule has 8 nitrogen and oxygen atoms in total. The predicted molar refractivity (Wildman–Crippen MR) is 127 cm³/mol. The Bertz CT molecular complexity index is 1250. The zero-order valence-electron chi connectivity index (χ0n) is 19.0. The first kappa shape index (κ1) is 21.5. The van der Waals surface area contributed by atoms with Gasteiger partial charge in [0.05, 0.1) is 38.6 Å². The Morgan fingerprint density at radius 2 is 1.94 bits per heavy atom. The first-order valence-corrected chi connectivity index (χ1v) is 11.2. The highest BCUT2D eigenvalue weighted by molar-refractivity contribution is 5.88. The van der Waals surface area contributed by atoms with Crippen LogP contribution in [0.5, 0.6) is 23.0 Å². The molecule has 0 bridgehead atoms. The van der Waals surface area contributed by atoms with Crippen LogP contribution in [0.1, 0.15) is 12.1 Å². The predicted octanol–water partition coefficient (Wildman–Crippen LogP) is 4.32. The minimum atomic E-state index is 0.608. The van der Waals surface area contributed by atoms with Crippen molar-refractivity contribution in [3.05, 3.63) is 48.4 Å². The van der Waals surface area contributed by atoms with Crippen LogP contribution in [0.4, 0.5) is 0 Å². The van der Waals surface area contributed by atoms with Crippen LogP contribution in [0.15, 0.2) is 42.7 Å². The molecule has 3 aromatic heterocycles. The molecule has 33 heavy (non-hydrogen) atoms. The highest BCUT2D eigenvalue weighted by Crippen LogP contribution is 2.37. The zero-order chi connectivity index (χ0) is 22.6. The van der Waals surface area contributed by atoms with E-state index in [-0.39, 0.29) is 0 Å². The number of ether oxygens (including phenoxy) is 4. The fourth-order valence-electron chi connectivity index (χ4n) is 4.10. The zero-order valence-corrected chi connectivity index (χ0v) is 19.0. The molecule has 1 aliphatic rings. The van der Waals surface area contributed by atoms with E-state index in [2.05, 4.69) is 19.9 Å². The minimum absolute atomic E-state index is 0.608. The lowest BCUT2D eigenvalue weighted by molar-refractivity contribution is 0.0357. The monoisotopic (exact) mass is 448 g/mol. The molecule has 0 unspecified atom stereocenters. The van der Waals surface area contributed by atoms with Crippen LogP contribution in [0, 0.1) is 6.92 Å². The Labute approximate surface area is 192 Å². The Kier molecular flexibility index (Phi) is 6.28. The summed E-state index contributed by atoms with van der Waals surface area (Å²) in [5.74, 6) is 2.69. The molecule has 0 amide bonds. The van der Waals surface area contributed by atoms with E-state index >= 15 is 0 Å². The number of hydrogen-bond acceptors (Lipinski definition) is 7. The summed E-state index contributed by atoms with van der Waals surface area (Å²) in [5.41, 5.74) is 2.69. The number of H-pyrrole nitrogens is 1. The van der Waals surface area contributed by atoms with Crippen LogP contribution in [-0.4, -0.2) is 66.4 Å². The van der Waals surface area contributed by atoms with Crippen LogP contribution < -0.4 is 14.2 Å². The van der Waals surface area contributed by atoms with Crippen LogP contribution in [0.2, 0.25) is 0 Å². The molecule has 8 heteroatoms. The minimum Gasteiger partial charge on any atom is -0.493 e. The third-order valence-electron chi connectivity index (χ3n) is 5.77. The first-order valence-electron chi connectivity index (χ1n) is 11.2. The van der Waals surface area contributed by atoms with Crippen molar-refractivity contribution in [2.45, 2.75) is 13.3 Å². The molecule has 5 rings (SSSR count). The number of aromatic amines is 1. The lowest BCUT2D eigenvalue weighted by Crippen LogP contribution is -2.37. The molecule has 1 aromatic carbocycles. The molecule has 1 saturated heterocycles. The van der Waals surface area contributed by atoms with Crippen molar-refractivity contribution < 1.29 is 18.9 Å². The number of morpholine rings is 1. The summed E-state index contributed by atoms with van der Waals surface area (Å²) in [6.07, 6.45) is 4.39. The van der Waals surface area contributed by atoms with Gasteiger partial charge < -0.3 is 23.9 Å². The summed E-state index contributed by atoms with van der Waals surface area (Å²) in [6.45, 7) is 7.20. The molecule has 1 aliphatic heterocycles. The summed E-state index contributed by atoms with van der Waals surface area (Å²) < 4.78 is 23.3. The van der Waals surface area contributed by atoms with Gasteiger partial charge in [-0.2, -0.15) is 0 Å². The number of pyridine rings is 2. The Morgan fingerprint density at radius 3 is 2.79 bits per heavy atom. The quantitative estimate of drug-likeness (QED) is 0.402. The van der Waals surface area contributed by atoms with E-state index in [4.69, 9.17) is 18.9 Å².